The summed E-state index contributed by atoms with van der Waals surface area (Å²) in [7, 11) is 1.55. The van der Waals surface area contributed by atoms with Gasteiger partial charge >= 0.3 is 0 Å². The number of amides is 2. The molecule has 0 unspecified atom stereocenters. The van der Waals surface area contributed by atoms with Gasteiger partial charge < -0.3 is 19.7 Å². The molecular weight excluding hydrogens is 416 g/mol. The Morgan fingerprint density at radius 1 is 1.19 bits per heavy atom. The molecule has 0 saturated heterocycles. The van der Waals surface area contributed by atoms with E-state index >= 15 is 0 Å². The van der Waals surface area contributed by atoms with Crippen LogP contribution in [0.5, 0.6) is 11.5 Å². The molecular formula is C24H29ClN2O4. The largest absolute Gasteiger partial charge is 0.493 e. The third kappa shape index (κ3) is 7.98. The van der Waals surface area contributed by atoms with E-state index in [0.717, 1.165) is 17.5 Å². The summed E-state index contributed by atoms with van der Waals surface area (Å²) in [5, 5.41) is 3.15. The molecule has 0 radical (unpaired) electrons. The zero-order valence-corrected chi connectivity index (χ0v) is 18.9. The van der Waals surface area contributed by atoms with Gasteiger partial charge in [0, 0.05) is 32.6 Å². The second-order valence-corrected chi connectivity index (χ2v) is 7.35. The summed E-state index contributed by atoms with van der Waals surface area (Å²) >= 11 is 6.36. The average molecular weight is 445 g/mol. The molecule has 2 aromatic carbocycles. The van der Waals surface area contributed by atoms with Gasteiger partial charge in [-0.15, -0.1) is 0 Å². The maximum Gasteiger partial charge on any atom is 0.246 e. The lowest BCUT2D eigenvalue weighted by Gasteiger charge is -2.21. The van der Waals surface area contributed by atoms with Gasteiger partial charge in [-0.2, -0.15) is 0 Å². The van der Waals surface area contributed by atoms with E-state index in [9.17, 15) is 9.59 Å². The molecule has 166 valence electrons. The number of methoxy groups -OCH3 is 1. The minimum absolute atomic E-state index is 0.130. The maximum absolute atomic E-state index is 12.9. The van der Waals surface area contributed by atoms with Crippen molar-refractivity contribution in [3.05, 3.63) is 64.7 Å². The van der Waals surface area contributed by atoms with Crippen LogP contribution >= 0.6 is 11.6 Å². The van der Waals surface area contributed by atoms with Crippen molar-refractivity contribution in [2.45, 2.75) is 26.8 Å². The number of nitrogens with zero attached hydrogens (tertiary/aromatic N) is 1. The molecule has 0 spiro atoms. The summed E-state index contributed by atoms with van der Waals surface area (Å²) in [4.78, 5) is 25.7. The highest BCUT2D eigenvalue weighted by atomic mass is 35.5. The third-order valence-corrected chi connectivity index (χ3v) is 4.69. The first-order valence-corrected chi connectivity index (χ1v) is 10.6. The van der Waals surface area contributed by atoms with E-state index in [4.69, 9.17) is 21.1 Å². The van der Waals surface area contributed by atoms with Crippen LogP contribution in [0.25, 0.3) is 6.08 Å². The van der Waals surface area contributed by atoms with Crippen molar-refractivity contribution < 1.29 is 19.1 Å². The molecule has 7 heteroatoms. The zero-order chi connectivity index (χ0) is 22.6. The number of hydrogen-bond acceptors (Lipinski definition) is 4. The van der Waals surface area contributed by atoms with Crippen molar-refractivity contribution in [2.75, 3.05) is 26.8 Å². The van der Waals surface area contributed by atoms with Gasteiger partial charge in [-0.05, 0) is 35.8 Å². The van der Waals surface area contributed by atoms with Gasteiger partial charge in [0.1, 0.15) is 0 Å². The van der Waals surface area contributed by atoms with Crippen LogP contribution in [0.1, 0.15) is 31.4 Å². The fourth-order valence-corrected chi connectivity index (χ4v) is 3.16. The number of benzene rings is 2. The first-order chi connectivity index (χ1) is 14.9. The predicted octanol–water partition coefficient (Wildman–Crippen LogP) is 4.32. The molecule has 0 aliphatic carbocycles. The Kier molecular flexibility index (Phi) is 9.91. The molecule has 0 atom stereocenters. The minimum Gasteiger partial charge on any atom is -0.493 e. The predicted molar refractivity (Wildman–Crippen MR) is 123 cm³/mol. The molecule has 6 nitrogen and oxygen atoms in total. The molecule has 2 aromatic rings. The van der Waals surface area contributed by atoms with Crippen LogP contribution < -0.4 is 14.8 Å². The summed E-state index contributed by atoms with van der Waals surface area (Å²) < 4.78 is 11.1. The van der Waals surface area contributed by atoms with Gasteiger partial charge in [-0.25, -0.2) is 0 Å². The molecule has 31 heavy (non-hydrogen) atoms. The Hall–Kier alpha value is -2.99. The molecule has 2 rings (SSSR count). The van der Waals surface area contributed by atoms with Crippen molar-refractivity contribution >= 4 is 29.5 Å². The first kappa shape index (κ1) is 24.3. The Bertz CT molecular complexity index is 900. The van der Waals surface area contributed by atoms with Crippen LogP contribution in [0.3, 0.4) is 0 Å². The summed E-state index contributed by atoms with van der Waals surface area (Å²) in [5.74, 6) is 0.709. The van der Waals surface area contributed by atoms with Crippen molar-refractivity contribution in [3.63, 3.8) is 0 Å². The summed E-state index contributed by atoms with van der Waals surface area (Å²) in [6.45, 7) is 5.21. The lowest BCUT2D eigenvalue weighted by molar-refractivity contribution is -0.127. The molecule has 0 aromatic heterocycles. The number of carbonyl (C=O) groups is 2. The van der Waals surface area contributed by atoms with Gasteiger partial charge in [0.2, 0.25) is 11.8 Å². The normalized spacial score (nSPS) is 10.7. The zero-order valence-electron chi connectivity index (χ0n) is 18.2. The second-order valence-electron chi connectivity index (χ2n) is 6.94. The van der Waals surface area contributed by atoms with Crippen LogP contribution in [-0.2, 0) is 16.1 Å². The highest BCUT2D eigenvalue weighted by Gasteiger charge is 2.13. The fourth-order valence-electron chi connectivity index (χ4n) is 2.89. The van der Waals surface area contributed by atoms with E-state index < -0.39 is 0 Å². The van der Waals surface area contributed by atoms with E-state index in [1.54, 1.807) is 30.2 Å². The van der Waals surface area contributed by atoms with Gasteiger partial charge in [-0.1, -0.05) is 48.9 Å². The molecule has 0 fully saturated rings. The van der Waals surface area contributed by atoms with Crippen LogP contribution in [0.15, 0.2) is 48.5 Å². The summed E-state index contributed by atoms with van der Waals surface area (Å²) in [6, 6.07) is 13.2. The second kappa shape index (κ2) is 12.6. The van der Waals surface area contributed by atoms with Crippen molar-refractivity contribution in [1.29, 1.82) is 0 Å². The fraction of sp³-hybridized carbons (Fsp3) is 0.333. The quantitative estimate of drug-likeness (QED) is 0.524. The highest BCUT2D eigenvalue weighted by molar-refractivity contribution is 6.32. The Labute approximate surface area is 188 Å². The molecule has 0 heterocycles. The average Bonchev–Trinajstić information content (AvgIpc) is 2.76. The van der Waals surface area contributed by atoms with Gasteiger partial charge in [0.15, 0.2) is 11.5 Å². The number of carbonyl (C=O) groups excluding carboxylic acids is 2. The standard InChI is InChI=1S/C24H29ClN2O4/c1-4-14-31-24-21(25)15-20(16-22(24)30-3)10-11-23(29)27(13-12-26-18(2)28)17-19-8-6-5-7-9-19/h5-11,15-16H,4,12-14,17H2,1-3H3,(H,26,28)/b11-10-. The smallest absolute Gasteiger partial charge is 0.246 e. The monoisotopic (exact) mass is 444 g/mol. The number of ether oxygens (including phenoxy) is 2. The molecule has 2 amide bonds. The SMILES string of the molecule is CCCOc1c(Cl)cc(/C=C\C(=O)N(CCNC(C)=O)Cc2ccccc2)cc1OC. The lowest BCUT2D eigenvalue weighted by atomic mass is 10.1. The van der Waals surface area contributed by atoms with Crippen LogP contribution in [0, 0.1) is 0 Å². The van der Waals surface area contributed by atoms with Gasteiger partial charge in [0.25, 0.3) is 0 Å². The van der Waals surface area contributed by atoms with Crippen molar-refractivity contribution in [3.8, 4) is 11.5 Å². The van der Waals surface area contributed by atoms with E-state index in [-0.39, 0.29) is 11.8 Å². The molecule has 0 saturated carbocycles. The maximum atomic E-state index is 12.9. The van der Waals surface area contributed by atoms with Crippen LogP contribution in [0.4, 0.5) is 0 Å². The Morgan fingerprint density at radius 2 is 1.94 bits per heavy atom. The van der Waals surface area contributed by atoms with E-state index in [1.165, 1.54) is 13.0 Å². The van der Waals surface area contributed by atoms with Crippen LogP contribution in [0.2, 0.25) is 5.02 Å². The Balaban J connectivity index is 2.16. The topological polar surface area (TPSA) is 67.9 Å². The minimum atomic E-state index is -0.171. The molecule has 0 bridgehead atoms. The molecule has 0 aliphatic rings. The molecule has 0 aliphatic heterocycles. The van der Waals surface area contributed by atoms with Gasteiger partial charge in [0.05, 0.1) is 18.7 Å². The van der Waals surface area contributed by atoms with Gasteiger partial charge in [-0.3, -0.25) is 9.59 Å². The number of nitrogens with one attached hydrogen (secondary N) is 1. The van der Waals surface area contributed by atoms with Crippen LogP contribution in [-0.4, -0.2) is 43.5 Å². The van der Waals surface area contributed by atoms with E-state index in [1.807, 2.05) is 37.3 Å². The van der Waals surface area contributed by atoms with E-state index in [0.29, 0.717) is 42.8 Å². The Morgan fingerprint density at radius 3 is 2.58 bits per heavy atom. The highest BCUT2D eigenvalue weighted by Crippen LogP contribution is 2.36. The summed E-state index contributed by atoms with van der Waals surface area (Å²) in [6.07, 6.45) is 4.04. The van der Waals surface area contributed by atoms with E-state index in [2.05, 4.69) is 5.32 Å². The first-order valence-electron chi connectivity index (χ1n) is 10.2. The summed E-state index contributed by atoms with van der Waals surface area (Å²) in [5.41, 5.74) is 1.73. The lowest BCUT2D eigenvalue weighted by Crippen LogP contribution is -2.36. The number of rotatable bonds is 11. The van der Waals surface area contributed by atoms with Crippen molar-refractivity contribution in [1.82, 2.24) is 10.2 Å². The van der Waals surface area contributed by atoms with Crippen molar-refractivity contribution in [2.24, 2.45) is 0 Å². The molecule has 1 N–H and O–H groups in total. The number of hydrogen-bond donors (Lipinski definition) is 1. The third-order valence-electron chi connectivity index (χ3n) is 4.40. The number of halogens is 1.